The first-order valence-corrected chi connectivity index (χ1v) is 15.7. The van der Waals surface area contributed by atoms with Crippen LogP contribution in [0.2, 0.25) is 0 Å². The number of unbranched alkanes of at least 4 members (excludes halogenated alkanes) is 2. The standard InChI is InChI=1S/C35H50F2O/c1-4-6-7-9-28-12-16-30(17-13-28)32-20-18-29(19-21-32)26(3)38-35(36,37)34-24-22-33(23-25-34)31-14-10-27(8-5-2)11-15-31/h18-28,30-31H,4-17H2,1-3H3. The number of halogens is 2. The van der Waals surface area contributed by atoms with Gasteiger partial charge in [-0.3, -0.25) is 0 Å². The highest BCUT2D eigenvalue weighted by Gasteiger charge is 2.35. The van der Waals surface area contributed by atoms with Crippen molar-refractivity contribution in [3.8, 4) is 0 Å². The predicted octanol–water partition coefficient (Wildman–Crippen LogP) is 11.4. The number of rotatable bonds is 12. The lowest BCUT2D eigenvalue weighted by Gasteiger charge is -2.29. The minimum absolute atomic E-state index is 0.0555. The van der Waals surface area contributed by atoms with Crippen molar-refractivity contribution < 1.29 is 13.5 Å². The van der Waals surface area contributed by atoms with Crippen LogP contribution in [0.3, 0.4) is 0 Å². The van der Waals surface area contributed by atoms with Crippen LogP contribution >= 0.6 is 0 Å². The number of hydrogen-bond donors (Lipinski definition) is 0. The molecule has 2 saturated carbocycles. The van der Waals surface area contributed by atoms with Crippen molar-refractivity contribution in [3.05, 3.63) is 70.8 Å². The van der Waals surface area contributed by atoms with Crippen LogP contribution in [0.25, 0.3) is 0 Å². The van der Waals surface area contributed by atoms with Crippen molar-refractivity contribution in [1.82, 2.24) is 0 Å². The highest BCUT2D eigenvalue weighted by atomic mass is 19.3. The molecule has 210 valence electrons. The van der Waals surface area contributed by atoms with Gasteiger partial charge in [0, 0.05) is 0 Å². The molecule has 0 heterocycles. The van der Waals surface area contributed by atoms with Gasteiger partial charge in [-0.1, -0.05) is 101 Å². The van der Waals surface area contributed by atoms with E-state index in [0.29, 0.717) is 11.8 Å². The Morgan fingerprint density at radius 2 is 1.18 bits per heavy atom. The summed E-state index contributed by atoms with van der Waals surface area (Å²) in [7, 11) is 0. The van der Waals surface area contributed by atoms with Gasteiger partial charge in [-0.25, -0.2) is 0 Å². The summed E-state index contributed by atoms with van der Waals surface area (Å²) in [4.78, 5) is 0. The average molecular weight is 525 g/mol. The maximum Gasteiger partial charge on any atom is 0.383 e. The van der Waals surface area contributed by atoms with E-state index >= 15 is 8.78 Å². The summed E-state index contributed by atoms with van der Waals surface area (Å²) in [5, 5.41) is 0. The molecule has 0 aliphatic heterocycles. The Hall–Kier alpha value is -1.74. The molecule has 0 aromatic heterocycles. The van der Waals surface area contributed by atoms with E-state index in [2.05, 4.69) is 26.0 Å². The van der Waals surface area contributed by atoms with E-state index in [4.69, 9.17) is 4.74 Å². The van der Waals surface area contributed by atoms with E-state index in [0.717, 1.165) is 17.4 Å². The van der Waals surface area contributed by atoms with Crippen molar-refractivity contribution in [2.24, 2.45) is 11.8 Å². The average Bonchev–Trinajstić information content (AvgIpc) is 2.94. The second-order valence-corrected chi connectivity index (χ2v) is 12.3. The fraction of sp³-hybridized carbons (Fsp3) is 0.657. The zero-order chi connectivity index (χ0) is 27.0. The van der Waals surface area contributed by atoms with Crippen molar-refractivity contribution in [1.29, 1.82) is 0 Å². The van der Waals surface area contributed by atoms with Gasteiger partial charge in [0.15, 0.2) is 0 Å². The number of alkyl halides is 2. The summed E-state index contributed by atoms with van der Waals surface area (Å²) in [5.74, 6) is 2.84. The van der Waals surface area contributed by atoms with Crippen molar-refractivity contribution in [2.45, 2.75) is 135 Å². The molecule has 4 rings (SSSR count). The van der Waals surface area contributed by atoms with Crippen LogP contribution < -0.4 is 0 Å². The number of ether oxygens (including phenoxy) is 1. The minimum atomic E-state index is -3.31. The SMILES string of the molecule is CCCCCC1CCC(c2ccc(C(C)OC(F)(F)c3ccc(C4CCC(CCC)CC4)cc3)cc2)CC1. The lowest BCUT2D eigenvalue weighted by atomic mass is 9.77. The molecule has 2 aliphatic rings. The lowest BCUT2D eigenvalue weighted by Crippen LogP contribution is -2.21. The number of hydrogen-bond acceptors (Lipinski definition) is 1. The van der Waals surface area contributed by atoms with Crippen molar-refractivity contribution in [2.75, 3.05) is 0 Å². The molecule has 0 radical (unpaired) electrons. The van der Waals surface area contributed by atoms with E-state index in [-0.39, 0.29) is 5.56 Å². The van der Waals surface area contributed by atoms with E-state index in [1.807, 2.05) is 24.3 Å². The first kappa shape index (κ1) is 29.2. The Labute approximate surface area is 230 Å². The molecule has 2 aliphatic carbocycles. The van der Waals surface area contributed by atoms with Gasteiger partial charge in [0.2, 0.25) is 0 Å². The topological polar surface area (TPSA) is 9.23 Å². The Balaban J connectivity index is 1.28. The molecule has 0 bridgehead atoms. The van der Waals surface area contributed by atoms with Crippen LogP contribution in [0.15, 0.2) is 48.5 Å². The van der Waals surface area contributed by atoms with Crippen molar-refractivity contribution in [3.63, 3.8) is 0 Å². The lowest BCUT2D eigenvalue weighted by molar-refractivity contribution is -0.272. The molecular weight excluding hydrogens is 474 g/mol. The minimum Gasteiger partial charge on any atom is -0.309 e. The Kier molecular flexibility index (Phi) is 10.8. The van der Waals surface area contributed by atoms with Gasteiger partial charge >= 0.3 is 6.11 Å². The van der Waals surface area contributed by atoms with E-state index in [1.165, 1.54) is 101 Å². The third kappa shape index (κ3) is 7.90. The van der Waals surface area contributed by atoms with Gasteiger partial charge in [0.05, 0.1) is 11.7 Å². The van der Waals surface area contributed by atoms with Crippen LogP contribution in [-0.4, -0.2) is 0 Å². The summed E-state index contributed by atoms with van der Waals surface area (Å²) >= 11 is 0. The van der Waals surface area contributed by atoms with Crippen LogP contribution in [0.5, 0.6) is 0 Å². The van der Waals surface area contributed by atoms with Crippen LogP contribution in [0, 0.1) is 11.8 Å². The maximum absolute atomic E-state index is 15.1. The Morgan fingerprint density at radius 1 is 0.684 bits per heavy atom. The van der Waals surface area contributed by atoms with E-state index in [1.54, 1.807) is 19.1 Å². The molecule has 3 heteroatoms. The molecule has 38 heavy (non-hydrogen) atoms. The summed E-state index contributed by atoms with van der Waals surface area (Å²) in [6, 6.07) is 15.2. The zero-order valence-electron chi connectivity index (χ0n) is 24.1. The summed E-state index contributed by atoms with van der Waals surface area (Å²) in [5.41, 5.74) is 3.29. The van der Waals surface area contributed by atoms with Crippen LogP contribution in [0.1, 0.15) is 151 Å². The van der Waals surface area contributed by atoms with Gasteiger partial charge in [0.25, 0.3) is 0 Å². The molecule has 0 amide bonds. The smallest absolute Gasteiger partial charge is 0.309 e. The van der Waals surface area contributed by atoms with E-state index in [9.17, 15) is 0 Å². The molecule has 0 saturated heterocycles. The molecule has 0 N–H and O–H groups in total. The predicted molar refractivity (Wildman–Crippen MR) is 155 cm³/mol. The highest BCUT2D eigenvalue weighted by molar-refractivity contribution is 5.29. The fourth-order valence-corrected chi connectivity index (χ4v) is 7.01. The monoisotopic (exact) mass is 524 g/mol. The third-order valence-electron chi connectivity index (χ3n) is 9.53. The summed E-state index contributed by atoms with van der Waals surface area (Å²) < 4.78 is 35.5. The molecule has 2 aromatic rings. The van der Waals surface area contributed by atoms with Gasteiger partial charge in [0.1, 0.15) is 0 Å². The van der Waals surface area contributed by atoms with Gasteiger partial charge in [-0.2, -0.15) is 8.78 Å². The second kappa shape index (κ2) is 14.1. The third-order valence-corrected chi connectivity index (χ3v) is 9.53. The molecule has 1 unspecified atom stereocenters. The van der Waals surface area contributed by atoms with Gasteiger partial charge in [-0.15, -0.1) is 0 Å². The molecular formula is C35H50F2O. The normalized spacial score (nSPS) is 25.3. The molecule has 0 spiro atoms. The zero-order valence-corrected chi connectivity index (χ0v) is 24.1. The van der Waals surface area contributed by atoms with Crippen LogP contribution in [0.4, 0.5) is 8.78 Å². The van der Waals surface area contributed by atoms with Gasteiger partial charge < -0.3 is 4.74 Å². The first-order chi connectivity index (χ1) is 18.4. The maximum atomic E-state index is 15.1. The van der Waals surface area contributed by atoms with Crippen LogP contribution in [-0.2, 0) is 10.8 Å². The Bertz CT molecular complexity index is 935. The Morgan fingerprint density at radius 3 is 1.68 bits per heavy atom. The molecule has 1 atom stereocenters. The van der Waals surface area contributed by atoms with Gasteiger partial charge in [-0.05, 0) is 98.7 Å². The fourth-order valence-electron chi connectivity index (χ4n) is 7.01. The van der Waals surface area contributed by atoms with Crippen molar-refractivity contribution >= 4 is 0 Å². The second-order valence-electron chi connectivity index (χ2n) is 12.3. The quantitative estimate of drug-likeness (QED) is 0.251. The summed E-state index contributed by atoms with van der Waals surface area (Å²) in [6.07, 6.45) is 14.0. The largest absolute Gasteiger partial charge is 0.383 e. The first-order valence-electron chi connectivity index (χ1n) is 15.7. The molecule has 2 fully saturated rings. The molecule has 1 nitrogen and oxygen atoms in total. The number of benzene rings is 2. The van der Waals surface area contributed by atoms with E-state index < -0.39 is 12.2 Å². The summed E-state index contributed by atoms with van der Waals surface area (Å²) in [6.45, 7) is 6.25. The molecule has 2 aromatic carbocycles. The highest BCUT2D eigenvalue weighted by Crippen LogP contribution is 2.41.